The quantitative estimate of drug-likeness (QED) is 0.433. The van der Waals surface area contributed by atoms with Gasteiger partial charge in [-0.15, -0.1) is 11.8 Å². The lowest BCUT2D eigenvalue weighted by molar-refractivity contribution is 0.530. The third-order valence-corrected chi connectivity index (χ3v) is 4.92. The Morgan fingerprint density at radius 3 is 2.83 bits per heavy atom. The molecule has 0 amide bonds. The Bertz CT molecular complexity index is 994. The van der Waals surface area contributed by atoms with Crippen molar-refractivity contribution in [2.75, 3.05) is 0 Å². The molecule has 0 saturated carbocycles. The molecule has 2 aromatic heterocycles. The van der Waals surface area contributed by atoms with E-state index in [-0.39, 0.29) is 0 Å². The lowest BCUT2D eigenvalue weighted by Crippen LogP contribution is -1.83. The molecule has 2 aromatic carbocycles. The van der Waals surface area contributed by atoms with E-state index < -0.39 is 0 Å². The molecule has 0 radical (unpaired) electrons. The van der Waals surface area contributed by atoms with Gasteiger partial charge in [0, 0.05) is 27.1 Å². The van der Waals surface area contributed by atoms with Gasteiger partial charge in [0.05, 0.1) is 17.5 Å². The summed E-state index contributed by atoms with van der Waals surface area (Å²) in [6.07, 6.45) is 3.57. The molecule has 118 valence electrons. The van der Waals surface area contributed by atoms with Crippen molar-refractivity contribution in [2.45, 2.75) is 10.6 Å². The van der Waals surface area contributed by atoms with Gasteiger partial charge in [0.1, 0.15) is 0 Å². The first kappa shape index (κ1) is 15.2. The van der Waals surface area contributed by atoms with Crippen LogP contribution in [0, 0.1) is 0 Å². The van der Waals surface area contributed by atoms with Gasteiger partial charge in [-0.25, -0.2) is 4.98 Å². The Morgan fingerprint density at radius 1 is 1.00 bits per heavy atom. The van der Waals surface area contributed by atoms with Crippen molar-refractivity contribution in [3.63, 3.8) is 0 Å². The third-order valence-electron chi connectivity index (χ3n) is 3.62. The van der Waals surface area contributed by atoms with E-state index in [1.54, 1.807) is 18.0 Å². The average Bonchev–Trinajstić information content (AvgIpc) is 3.09. The molecule has 3 nitrogen and oxygen atoms in total. The average molecular weight is 353 g/mol. The molecule has 5 heteroatoms. The van der Waals surface area contributed by atoms with Crippen LogP contribution in [0.3, 0.4) is 0 Å². The van der Waals surface area contributed by atoms with E-state index in [2.05, 4.69) is 16.0 Å². The molecule has 0 atom stereocenters. The molecular weight excluding hydrogens is 340 g/mol. The molecule has 0 spiro atoms. The number of fused-ring (bicyclic) bond motifs is 1. The SMILES string of the molecule is Clc1cccc(-c2cnc(CSc3ccnc4ccccc34)o2)c1. The zero-order valence-electron chi connectivity index (χ0n) is 12.6. The van der Waals surface area contributed by atoms with E-state index in [1.165, 1.54) is 4.90 Å². The molecule has 0 saturated heterocycles. The fourth-order valence-corrected chi connectivity index (χ4v) is 3.58. The first-order chi connectivity index (χ1) is 11.8. The van der Waals surface area contributed by atoms with Crippen LogP contribution in [0.5, 0.6) is 0 Å². The Balaban J connectivity index is 1.54. The summed E-state index contributed by atoms with van der Waals surface area (Å²) in [7, 11) is 0. The van der Waals surface area contributed by atoms with Gasteiger partial charge in [0.15, 0.2) is 5.76 Å². The maximum atomic E-state index is 6.03. The van der Waals surface area contributed by atoms with Crippen molar-refractivity contribution < 1.29 is 4.42 Å². The van der Waals surface area contributed by atoms with Gasteiger partial charge in [0.25, 0.3) is 0 Å². The highest BCUT2D eigenvalue weighted by Crippen LogP contribution is 2.30. The smallest absolute Gasteiger partial charge is 0.205 e. The molecule has 24 heavy (non-hydrogen) atoms. The third kappa shape index (κ3) is 3.16. The van der Waals surface area contributed by atoms with E-state index in [1.807, 2.05) is 54.7 Å². The molecule has 0 fully saturated rings. The predicted octanol–water partition coefficient (Wildman–Crippen LogP) is 5.84. The number of pyridine rings is 1. The number of hydrogen-bond donors (Lipinski definition) is 0. The van der Waals surface area contributed by atoms with Gasteiger partial charge < -0.3 is 4.42 Å². The van der Waals surface area contributed by atoms with Gasteiger partial charge in [-0.05, 0) is 24.3 Å². The fourth-order valence-electron chi connectivity index (χ4n) is 2.49. The molecule has 2 heterocycles. The number of benzene rings is 2. The van der Waals surface area contributed by atoms with Crippen molar-refractivity contribution in [2.24, 2.45) is 0 Å². The van der Waals surface area contributed by atoms with E-state index >= 15 is 0 Å². The second kappa shape index (κ2) is 6.67. The van der Waals surface area contributed by atoms with Crippen molar-refractivity contribution in [1.29, 1.82) is 0 Å². The summed E-state index contributed by atoms with van der Waals surface area (Å²) in [6, 6.07) is 17.7. The molecule has 0 aliphatic rings. The van der Waals surface area contributed by atoms with E-state index in [0.717, 1.165) is 22.2 Å². The minimum Gasteiger partial charge on any atom is -0.440 e. The van der Waals surface area contributed by atoms with Crippen LogP contribution in [0.15, 0.2) is 76.3 Å². The Labute approximate surface area is 148 Å². The lowest BCUT2D eigenvalue weighted by atomic mass is 10.2. The van der Waals surface area contributed by atoms with Crippen molar-refractivity contribution >= 4 is 34.3 Å². The largest absolute Gasteiger partial charge is 0.440 e. The van der Waals surface area contributed by atoms with Crippen LogP contribution in [-0.2, 0) is 5.75 Å². The molecule has 4 rings (SSSR count). The Hall–Kier alpha value is -2.30. The number of aromatic nitrogens is 2. The number of rotatable bonds is 4. The van der Waals surface area contributed by atoms with Crippen molar-refractivity contribution in [3.8, 4) is 11.3 Å². The maximum absolute atomic E-state index is 6.03. The van der Waals surface area contributed by atoms with Crippen LogP contribution >= 0.6 is 23.4 Å². The minimum atomic E-state index is 0.661. The van der Waals surface area contributed by atoms with Crippen LogP contribution in [0.1, 0.15) is 5.89 Å². The summed E-state index contributed by atoms with van der Waals surface area (Å²) in [5, 5.41) is 1.83. The van der Waals surface area contributed by atoms with Crippen LogP contribution in [0.4, 0.5) is 0 Å². The Kier molecular flexibility index (Phi) is 4.24. The summed E-state index contributed by atoms with van der Waals surface area (Å²) in [5.74, 6) is 2.08. The monoisotopic (exact) mass is 352 g/mol. The van der Waals surface area contributed by atoms with E-state index in [0.29, 0.717) is 16.7 Å². The first-order valence-corrected chi connectivity index (χ1v) is 8.83. The number of nitrogens with zero attached hydrogens (tertiary/aromatic N) is 2. The highest BCUT2D eigenvalue weighted by Gasteiger charge is 2.09. The number of hydrogen-bond acceptors (Lipinski definition) is 4. The second-order valence-electron chi connectivity index (χ2n) is 5.24. The number of para-hydroxylation sites is 1. The predicted molar refractivity (Wildman–Crippen MR) is 98.3 cm³/mol. The standard InChI is InChI=1S/C19H13ClN2OS/c20-14-5-3-4-13(10-14)17-11-22-19(23-17)12-24-18-8-9-21-16-7-2-1-6-15(16)18/h1-11H,12H2. The van der Waals surface area contributed by atoms with Crippen LogP contribution in [0.2, 0.25) is 5.02 Å². The minimum absolute atomic E-state index is 0.661. The number of oxazole rings is 1. The maximum Gasteiger partial charge on any atom is 0.205 e. The molecular formula is C19H13ClN2OS. The fraction of sp³-hybridized carbons (Fsp3) is 0.0526. The molecule has 0 bridgehead atoms. The number of thioether (sulfide) groups is 1. The first-order valence-electron chi connectivity index (χ1n) is 7.47. The van der Waals surface area contributed by atoms with Gasteiger partial charge in [0.2, 0.25) is 5.89 Å². The summed E-state index contributed by atoms with van der Waals surface area (Å²) >= 11 is 7.72. The number of halogens is 1. The summed E-state index contributed by atoms with van der Waals surface area (Å²) in [6.45, 7) is 0. The van der Waals surface area contributed by atoms with Crippen LogP contribution < -0.4 is 0 Å². The molecule has 0 N–H and O–H groups in total. The van der Waals surface area contributed by atoms with Crippen molar-refractivity contribution in [1.82, 2.24) is 9.97 Å². The highest BCUT2D eigenvalue weighted by atomic mass is 35.5. The van der Waals surface area contributed by atoms with E-state index in [9.17, 15) is 0 Å². The van der Waals surface area contributed by atoms with E-state index in [4.69, 9.17) is 16.0 Å². The van der Waals surface area contributed by atoms with Crippen molar-refractivity contribution in [3.05, 3.63) is 77.9 Å². The highest BCUT2D eigenvalue weighted by molar-refractivity contribution is 7.98. The van der Waals surface area contributed by atoms with Gasteiger partial charge in [-0.2, -0.15) is 0 Å². The summed E-state index contributed by atoms with van der Waals surface area (Å²) in [5.41, 5.74) is 1.93. The summed E-state index contributed by atoms with van der Waals surface area (Å²) in [4.78, 5) is 9.92. The van der Waals surface area contributed by atoms with Gasteiger partial charge in [-0.3, -0.25) is 4.98 Å². The van der Waals surface area contributed by atoms with Crippen LogP contribution in [-0.4, -0.2) is 9.97 Å². The second-order valence-corrected chi connectivity index (χ2v) is 6.70. The summed E-state index contributed by atoms with van der Waals surface area (Å²) < 4.78 is 5.85. The normalized spacial score (nSPS) is 11.0. The van der Waals surface area contributed by atoms with Gasteiger partial charge >= 0.3 is 0 Å². The molecule has 0 aliphatic heterocycles. The van der Waals surface area contributed by atoms with Crippen LogP contribution in [0.25, 0.3) is 22.2 Å². The molecule has 4 aromatic rings. The van der Waals surface area contributed by atoms with Gasteiger partial charge in [-0.1, -0.05) is 41.9 Å². The molecule has 0 aliphatic carbocycles. The zero-order chi connectivity index (χ0) is 16.4. The lowest BCUT2D eigenvalue weighted by Gasteiger charge is -2.04. The topological polar surface area (TPSA) is 38.9 Å². The zero-order valence-corrected chi connectivity index (χ0v) is 14.2. The Morgan fingerprint density at radius 2 is 1.92 bits per heavy atom. The molecule has 0 unspecified atom stereocenters.